The van der Waals surface area contributed by atoms with Crippen LogP contribution < -0.4 is 5.56 Å². The molecular formula is C26H34N6O3. The van der Waals surface area contributed by atoms with Crippen LogP contribution in [0.1, 0.15) is 80.0 Å². The number of tetrazole rings is 1. The third kappa shape index (κ3) is 4.61. The summed E-state index contributed by atoms with van der Waals surface area (Å²) in [7, 11) is 0. The van der Waals surface area contributed by atoms with Crippen molar-refractivity contribution in [2.24, 2.45) is 5.92 Å². The van der Waals surface area contributed by atoms with E-state index < -0.39 is 0 Å². The molecule has 2 aliphatic rings. The predicted octanol–water partition coefficient (Wildman–Crippen LogP) is 3.61. The van der Waals surface area contributed by atoms with Gasteiger partial charge in [0.2, 0.25) is 0 Å². The normalized spacial score (nSPS) is 18.8. The minimum Gasteiger partial charge on any atom is -0.466 e. The number of H-pyrrole nitrogens is 1. The zero-order valence-corrected chi connectivity index (χ0v) is 20.8. The summed E-state index contributed by atoms with van der Waals surface area (Å²) in [5.74, 6) is 0.465. The van der Waals surface area contributed by atoms with E-state index in [1.807, 2.05) is 24.6 Å². The summed E-state index contributed by atoms with van der Waals surface area (Å²) in [6.45, 7) is 7.63. The number of rotatable bonds is 6. The minimum absolute atomic E-state index is 0.113. The Morgan fingerprint density at radius 2 is 1.89 bits per heavy atom. The number of likely N-dealkylation sites (tertiary alicyclic amines) is 1. The lowest BCUT2D eigenvalue weighted by Crippen LogP contribution is -2.42. The summed E-state index contributed by atoms with van der Waals surface area (Å²) in [4.78, 5) is 31.2. The predicted molar refractivity (Wildman–Crippen MR) is 132 cm³/mol. The van der Waals surface area contributed by atoms with E-state index in [9.17, 15) is 9.59 Å². The number of ether oxygens (including phenoxy) is 1. The SMILES string of the molecule is CCOC(=O)C1CCN([C@H](c2cc3cc(C)cc(C)c3[nH]c2=O)c2nnnn2C2CCCC2)CC1. The van der Waals surface area contributed by atoms with Crippen LogP contribution in [0.4, 0.5) is 0 Å². The molecule has 9 nitrogen and oxygen atoms in total. The number of hydrogen-bond acceptors (Lipinski definition) is 7. The van der Waals surface area contributed by atoms with Gasteiger partial charge in [-0.05, 0) is 80.0 Å². The van der Waals surface area contributed by atoms with Crippen LogP contribution in [0.25, 0.3) is 10.9 Å². The van der Waals surface area contributed by atoms with Gasteiger partial charge in [0.05, 0.1) is 24.1 Å². The van der Waals surface area contributed by atoms with Crippen LogP contribution in [-0.4, -0.2) is 55.8 Å². The van der Waals surface area contributed by atoms with Gasteiger partial charge in [-0.2, -0.15) is 0 Å². The lowest BCUT2D eigenvalue weighted by Gasteiger charge is -2.36. The second-order valence-corrected chi connectivity index (χ2v) is 9.98. The Morgan fingerprint density at radius 3 is 2.60 bits per heavy atom. The first-order valence-electron chi connectivity index (χ1n) is 12.8. The molecule has 1 aromatic carbocycles. The molecule has 1 atom stereocenters. The molecule has 0 spiro atoms. The highest BCUT2D eigenvalue weighted by Gasteiger charge is 2.36. The van der Waals surface area contributed by atoms with Gasteiger partial charge >= 0.3 is 5.97 Å². The number of aromatic nitrogens is 5. The molecule has 1 aliphatic heterocycles. The number of nitrogens with zero attached hydrogens (tertiary/aromatic N) is 5. The third-order valence-electron chi connectivity index (χ3n) is 7.56. The van der Waals surface area contributed by atoms with E-state index >= 15 is 0 Å². The smallest absolute Gasteiger partial charge is 0.309 e. The zero-order valence-electron chi connectivity index (χ0n) is 20.8. The van der Waals surface area contributed by atoms with Crippen LogP contribution in [0.15, 0.2) is 23.0 Å². The number of esters is 1. The Hall–Kier alpha value is -3.07. The Morgan fingerprint density at radius 1 is 1.14 bits per heavy atom. The highest BCUT2D eigenvalue weighted by atomic mass is 16.5. The molecular weight excluding hydrogens is 444 g/mol. The minimum atomic E-state index is -0.386. The molecule has 2 aromatic heterocycles. The summed E-state index contributed by atoms with van der Waals surface area (Å²) in [6.07, 6.45) is 5.78. The van der Waals surface area contributed by atoms with E-state index in [1.165, 1.54) is 0 Å². The second kappa shape index (κ2) is 9.89. The van der Waals surface area contributed by atoms with Gasteiger partial charge in [-0.1, -0.05) is 24.5 Å². The number of fused-ring (bicyclic) bond motifs is 1. The summed E-state index contributed by atoms with van der Waals surface area (Å²) in [5, 5.41) is 13.9. The van der Waals surface area contributed by atoms with Crippen LogP contribution in [0.3, 0.4) is 0 Å². The number of piperidine rings is 1. The number of pyridine rings is 1. The Balaban J connectivity index is 1.57. The molecule has 9 heteroatoms. The lowest BCUT2D eigenvalue weighted by molar-refractivity contribution is -0.149. The molecule has 186 valence electrons. The van der Waals surface area contributed by atoms with E-state index in [0.717, 1.165) is 47.7 Å². The molecule has 0 amide bonds. The number of aromatic amines is 1. The highest BCUT2D eigenvalue weighted by Crippen LogP contribution is 2.35. The van der Waals surface area contributed by atoms with E-state index in [0.29, 0.717) is 43.9 Å². The van der Waals surface area contributed by atoms with E-state index in [2.05, 4.69) is 44.5 Å². The highest BCUT2D eigenvalue weighted by molar-refractivity contribution is 5.83. The van der Waals surface area contributed by atoms with Crippen LogP contribution in [0.5, 0.6) is 0 Å². The van der Waals surface area contributed by atoms with Crippen LogP contribution in [0.2, 0.25) is 0 Å². The molecule has 1 saturated carbocycles. The monoisotopic (exact) mass is 478 g/mol. The topological polar surface area (TPSA) is 106 Å². The van der Waals surface area contributed by atoms with E-state index in [-0.39, 0.29) is 29.5 Å². The maximum atomic E-state index is 13.5. The molecule has 0 unspecified atom stereocenters. The molecule has 0 radical (unpaired) electrons. The average molecular weight is 479 g/mol. The van der Waals surface area contributed by atoms with Gasteiger partial charge in [-0.15, -0.1) is 5.10 Å². The number of nitrogens with one attached hydrogen (secondary N) is 1. The average Bonchev–Trinajstić information content (AvgIpc) is 3.53. The van der Waals surface area contributed by atoms with Gasteiger partial charge in [0.25, 0.3) is 5.56 Å². The van der Waals surface area contributed by atoms with Crippen LogP contribution >= 0.6 is 0 Å². The largest absolute Gasteiger partial charge is 0.466 e. The van der Waals surface area contributed by atoms with Crippen LogP contribution in [0, 0.1) is 19.8 Å². The van der Waals surface area contributed by atoms with Crippen molar-refractivity contribution in [2.45, 2.75) is 71.4 Å². The third-order valence-corrected chi connectivity index (χ3v) is 7.56. The second-order valence-electron chi connectivity index (χ2n) is 9.98. The van der Waals surface area contributed by atoms with Gasteiger partial charge in [-0.25, -0.2) is 4.68 Å². The van der Waals surface area contributed by atoms with Gasteiger partial charge in [0, 0.05) is 18.7 Å². The molecule has 3 heterocycles. The van der Waals surface area contributed by atoms with Crippen LogP contribution in [-0.2, 0) is 9.53 Å². The van der Waals surface area contributed by atoms with Crippen molar-refractivity contribution in [2.75, 3.05) is 19.7 Å². The number of carbonyl (C=O) groups excluding carboxylic acids is 1. The van der Waals surface area contributed by atoms with E-state index in [1.54, 1.807) is 0 Å². The first-order valence-corrected chi connectivity index (χ1v) is 12.8. The molecule has 35 heavy (non-hydrogen) atoms. The lowest BCUT2D eigenvalue weighted by atomic mass is 9.93. The quantitative estimate of drug-likeness (QED) is 0.540. The number of aryl methyl sites for hydroxylation is 2. The first kappa shape index (κ1) is 23.7. The molecule has 1 saturated heterocycles. The fourth-order valence-electron chi connectivity index (χ4n) is 5.85. The van der Waals surface area contributed by atoms with Gasteiger partial charge < -0.3 is 9.72 Å². The van der Waals surface area contributed by atoms with Crippen molar-refractivity contribution in [3.8, 4) is 0 Å². The Bertz CT molecular complexity index is 1270. The first-order chi connectivity index (χ1) is 17.0. The zero-order chi connectivity index (χ0) is 24.5. The van der Waals surface area contributed by atoms with Crippen molar-refractivity contribution >= 4 is 16.9 Å². The van der Waals surface area contributed by atoms with Gasteiger partial charge in [-0.3, -0.25) is 14.5 Å². The molecule has 1 N–H and O–H groups in total. The molecule has 5 rings (SSSR count). The maximum absolute atomic E-state index is 13.5. The maximum Gasteiger partial charge on any atom is 0.309 e. The number of hydrogen-bond donors (Lipinski definition) is 1. The Labute approximate surface area is 204 Å². The van der Waals surface area contributed by atoms with E-state index in [4.69, 9.17) is 4.74 Å². The molecule has 1 aliphatic carbocycles. The van der Waals surface area contributed by atoms with Crippen molar-refractivity contribution in [1.82, 2.24) is 30.1 Å². The van der Waals surface area contributed by atoms with Crippen molar-refractivity contribution in [3.63, 3.8) is 0 Å². The van der Waals surface area contributed by atoms with Gasteiger partial charge in [0.1, 0.15) is 6.04 Å². The fraction of sp³-hybridized carbons (Fsp3) is 0.577. The molecule has 0 bridgehead atoms. The molecule has 2 fully saturated rings. The Kier molecular flexibility index (Phi) is 6.69. The fourth-order valence-corrected chi connectivity index (χ4v) is 5.85. The van der Waals surface area contributed by atoms with Crippen molar-refractivity contribution in [1.29, 1.82) is 0 Å². The summed E-state index contributed by atoms with van der Waals surface area (Å²) in [6, 6.07) is 6.05. The number of benzene rings is 1. The summed E-state index contributed by atoms with van der Waals surface area (Å²) >= 11 is 0. The van der Waals surface area contributed by atoms with Gasteiger partial charge in [0.15, 0.2) is 5.82 Å². The molecule has 3 aromatic rings. The van der Waals surface area contributed by atoms with Crippen molar-refractivity contribution in [3.05, 3.63) is 51.1 Å². The number of carbonyl (C=O) groups is 1. The summed E-state index contributed by atoms with van der Waals surface area (Å²) in [5.41, 5.74) is 3.58. The standard InChI is InChI=1S/C26H34N6O3/c1-4-35-26(34)18-9-11-31(12-10-18)23(24-28-29-30-32(24)20-7-5-6-8-20)21-15-19-14-16(2)13-17(3)22(19)27-25(21)33/h13-15,18,20,23H,4-12H2,1-3H3,(H,27,33)/t23-/m1/s1. The van der Waals surface area contributed by atoms with Crippen molar-refractivity contribution < 1.29 is 9.53 Å². The summed E-state index contributed by atoms with van der Waals surface area (Å²) < 4.78 is 7.21.